The maximum Gasteiger partial charge on any atom is 0.184 e. The Kier molecular flexibility index (Phi) is 5.67. The normalized spacial score (nSPS) is 10.5. The first-order valence-electron chi connectivity index (χ1n) is 5.71. The smallest absolute Gasteiger partial charge is 0.184 e. The van der Waals surface area contributed by atoms with Gasteiger partial charge in [0.25, 0.3) is 0 Å². The van der Waals surface area contributed by atoms with Crippen LogP contribution in [0.3, 0.4) is 0 Å². The van der Waals surface area contributed by atoms with Gasteiger partial charge in [-0.05, 0) is 19.4 Å². The second-order valence-electron chi connectivity index (χ2n) is 3.94. The first-order valence-corrected chi connectivity index (χ1v) is 5.71. The van der Waals surface area contributed by atoms with Gasteiger partial charge in [-0.1, -0.05) is 35.9 Å². The summed E-state index contributed by atoms with van der Waals surface area (Å²) >= 11 is 0. The van der Waals surface area contributed by atoms with Crippen LogP contribution >= 0.6 is 0 Å². The molecule has 0 saturated carbocycles. The monoisotopic (exact) mass is 232 g/mol. The number of rotatable bonds is 7. The summed E-state index contributed by atoms with van der Waals surface area (Å²) in [6, 6.07) is 6.25. The van der Waals surface area contributed by atoms with Crippen LogP contribution in [0.15, 0.2) is 43.5 Å². The molecular weight excluding hydrogens is 212 g/mol. The quantitative estimate of drug-likeness (QED) is 0.527. The molecule has 0 aliphatic rings. The molecule has 0 saturated heterocycles. The number of ether oxygens (including phenoxy) is 2. The Hall–Kier alpha value is -1.38. The zero-order valence-electron chi connectivity index (χ0n) is 10.6. The summed E-state index contributed by atoms with van der Waals surface area (Å²) in [7, 11) is 0. The molecule has 0 bridgehead atoms. The Bertz CT molecular complexity index is 371. The molecule has 92 valence electrons. The van der Waals surface area contributed by atoms with Crippen molar-refractivity contribution in [1.82, 2.24) is 0 Å². The maximum atomic E-state index is 5.63. The van der Waals surface area contributed by atoms with Crippen molar-refractivity contribution in [1.29, 1.82) is 0 Å². The highest BCUT2D eigenvalue weighted by Gasteiger charge is 2.14. The first-order chi connectivity index (χ1) is 8.19. The van der Waals surface area contributed by atoms with Crippen LogP contribution in [0.4, 0.5) is 0 Å². The molecule has 17 heavy (non-hydrogen) atoms. The topological polar surface area (TPSA) is 18.5 Å². The van der Waals surface area contributed by atoms with Gasteiger partial charge in [-0.3, -0.25) is 0 Å². The molecule has 2 nitrogen and oxygen atoms in total. The molecule has 0 radical (unpaired) electrons. The van der Waals surface area contributed by atoms with Crippen LogP contribution in [0.25, 0.3) is 0 Å². The largest absolute Gasteiger partial charge is 0.344 e. The second kappa shape index (κ2) is 7.05. The van der Waals surface area contributed by atoms with Gasteiger partial charge in [0.15, 0.2) is 6.29 Å². The molecule has 1 rings (SSSR count). The molecule has 0 N–H and O–H groups in total. The third-order valence-electron chi connectivity index (χ3n) is 2.42. The molecule has 0 aromatic heterocycles. The Morgan fingerprint density at radius 1 is 1.12 bits per heavy atom. The van der Waals surface area contributed by atoms with Gasteiger partial charge in [0.2, 0.25) is 0 Å². The van der Waals surface area contributed by atoms with Crippen molar-refractivity contribution in [2.75, 3.05) is 13.2 Å². The minimum atomic E-state index is -0.356. The van der Waals surface area contributed by atoms with E-state index in [9.17, 15) is 0 Å². The average Bonchev–Trinajstić information content (AvgIpc) is 2.33. The van der Waals surface area contributed by atoms with Crippen LogP contribution in [0.2, 0.25) is 0 Å². The van der Waals surface area contributed by atoms with Crippen molar-refractivity contribution in [2.24, 2.45) is 0 Å². The van der Waals surface area contributed by atoms with Crippen LogP contribution < -0.4 is 0 Å². The molecule has 0 fully saturated rings. The second-order valence-corrected chi connectivity index (χ2v) is 3.94. The van der Waals surface area contributed by atoms with Crippen LogP contribution in [-0.4, -0.2) is 13.2 Å². The molecule has 0 unspecified atom stereocenters. The van der Waals surface area contributed by atoms with Crippen molar-refractivity contribution in [3.05, 3.63) is 60.2 Å². The van der Waals surface area contributed by atoms with Gasteiger partial charge in [-0.25, -0.2) is 0 Å². The van der Waals surface area contributed by atoms with Gasteiger partial charge in [-0.15, -0.1) is 13.2 Å². The van der Waals surface area contributed by atoms with E-state index in [0.29, 0.717) is 13.2 Å². The van der Waals surface area contributed by atoms with Crippen molar-refractivity contribution in [3.63, 3.8) is 0 Å². The number of hydrogen-bond donors (Lipinski definition) is 0. The lowest BCUT2D eigenvalue weighted by Crippen LogP contribution is -2.11. The van der Waals surface area contributed by atoms with E-state index in [4.69, 9.17) is 9.47 Å². The molecule has 2 heteroatoms. The fraction of sp³-hybridized carbons (Fsp3) is 0.333. The van der Waals surface area contributed by atoms with Gasteiger partial charge in [0.1, 0.15) is 0 Å². The SMILES string of the molecule is C=CCOC(OCC=C)c1cc(C)ccc1C. The highest BCUT2D eigenvalue weighted by atomic mass is 16.7. The Morgan fingerprint density at radius 2 is 1.71 bits per heavy atom. The molecule has 1 aromatic rings. The Balaban J connectivity index is 2.89. The molecule has 0 aliphatic carbocycles. The number of aryl methyl sites for hydroxylation is 2. The predicted octanol–water partition coefficient (Wildman–Crippen LogP) is 3.71. The molecule has 0 atom stereocenters. The summed E-state index contributed by atoms with van der Waals surface area (Å²) in [5.41, 5.74) is 3.42. The van der Waals surface area contributed by atoms with Crippen LogP contribution in [0.1, 0.15) is 23.0 Å². The average molecular weight is 232 g/mol. The molecule has 0 spiro atoms. The lowest BCUT2D eigenvalue weighted by molar-refractivity contribution is -0.131. The van der Waals surface area contributed by atoms with E-state index >= 15 is 0 Å². The zero-order valence-corrected chi connectivity index (χ0v) is 10.6. The fourth-order valence-corrected chi connectivity index (χ4v) is 1.55. The minimum absolute atomic E-state index is 0.356. The lowest BCUT2D eigenvalue weighted by Gasteiger charge is -2.19. The van der Waals surface area contributed by atoms with E-state index in [1.807, 2.05) is 0 Å². The highest BCUT2D eigenvalue weighted by molar-refractivity contribution is 5.31. The Morgan fingerprint density at radius 3 is 2.24 bits per heavy atom. The van der Waals surface area contributed by atoms with Gasteiger partial charge in [0.05, 0.1) is 13.2 Å². The minimum Gasteiger partial charge on any atom is -0.344 e. The summed E-state index contributed by atoms with van der Waals surface area (Å²) < 4.78 is 11.3. The summed E-state index contributed by atoms with van der Waals surface area (Å²) in [6.45, 7) is 12.3. The van der Waals surface area contributed by atoms with Crippen LogP contribution in [0, 0.1) is 13.8 Å². The van der Waals surface area contributed by atoms with Crippen molar-refractivity contribution < 1.29 is 9.47 Å². The summed E-state index contributed by atoms with van der Waals surface area (Å²) in [6.07, 6.45) is 3.08. The summed E-state index contributed by atoms with van der Waals surface area (Å²) in [5, 5.41) is 0. The van der Waals surface area contributed by atoms with E-state index in [1.165, 1.54) is 5.56 Å². The van der Waals surface area contributed by atoms with E-state index < -0.39 is 0 Å². The lowest BCUT2D eigenvalue weighted by atomic mass is 10.1. The van der Waals surface area contributed by atoms with Gasteiger partial charge >= 0.3 is 0 Å². The van der Waals surface area contributed by atoms with Crippen molar-refractivity contribution >= 4 is 0 Å². The third-order valence-corrected chi connectivity index (χ3v) is 2.42. The predicted molar refractivity (Wildman–Crippen MR) is 71.0 cm³/mol. The van der Waals surface area contributed by atoms with Crippen LogP contribution in [-0.2, 0) is 9.47 Å². The van der Waals surface area contributed by atoms with E-state index in [2.05, 4.69) is 45.2 Å². The van der Waals surface area contributed by atoms with Gasteiger partial charge in [-0.2, -0.15) is 0 Å². The molecule has 0 aliphatic heterocycles. The van der Waals surface area contributed by atoms with Crippen molar-refractivity contribution in [3.8, 4) is 0 Å². The van der Waals surface area contributed by atoms with Crippen LogP contribution in [0.5, 0.6) is 0 Å². The van der Waals surface area contributed by atoms with E-state index in [0.717, 1.165) is 11.1 Å². The number of benzene rings is 1. The molecule has 1 aromatic carbocycles. The van der Waals surface area contributed by atoms with E-state index in [1.54, 1.807) is 12.2 Å². The maximum absolute atomic E-state index is 5.63. The standard InChI is InChI=1S/C15H20O2/c1-5-9-16-15(17-10-6-2)14-11-12(3)7-8-13(14)4/h5-8,11,15H,1-2,9-10H2,3-4H3. The zero-order chi connectivity index (χ0) is 12.7. The molecule has 0 amide bonds. The van der Waals surface area contributed by atoms with Crippen molar-refractivity contribution in [2.45, 2.75) is 20.1 Å². The van der Waals surface area contributed by atoms with Gasteiger partial charge in [0, 0.05) is 5.56 Å². The van der Waals surface area contributed by atoms with E-state index in [-0.39, 0.29) is 6.29 Å². The Labute approximate surface area is 104 Å². The molecular formula is C15H20O2. The fourth-order valence-electron chi connectivity index (χ4n) is 1.55. The third kappa shape index (κ3) is 4.17. The summed E-state index contributed by atoms with van der Waals surface area (Å²) in [5.74, 6) is 0. The summed E-state index contributed by atoms with van der Waals surface area (Å²) in [4.78, 5) is 0. The first kappa shape index (κ1) is 13.7. The molecule has 0 heterocycles. The van der Waals surface area contributed by atoms with Gasteiger partial charge < -0.3 is 9.47 Å². The number of hydrogen-bond acceptors (Lipinski definition) is 2. The highest BCUT2D eigenvalue weighted by Crippen LogP contribution is 2.23.